The van der Waals surface area contributed by atoms with Gasteiger partial charge < -0.3 is 14.9 Å². The van der Waals surface area contributed by atoms with E-state index in [4.69, 9.17) is 9.63 Å². The summed E-state index contributed by atoms with van der Waals surface area (Å²) in [6.45, 7) is 1.63. The van der Waals surface area contributed by atoms with Gasteiger partial charge >= 0.3 is 5.97 Å². The highest BCUT2D eigenvalue weighted by molar-refractivity contribution is 9.10. The normalized spacial score (nSPS) is 10.2. The molecule has 98 valence electrons. The molecule has 0 fully saturated rings. The van der Waals surface area contributed by atoms with E-state index in [1.807, 2.05) is 0 Å². The number of amides is 1. The minimum absolute atomic E-state index is 0.131. The van der Waals surface area contributed by atoms with Crippen molar-refractivity contribution in [2.45, 2.75) is 6.92 Å². The third-order valence-corrected chi connectivity index (χ3v) is 3.12. The molecule has 1 aromatic heterocycles. The van der Waals surface area contributed by atoms with Crippen molar-refractivity contribution < 1.29 is 19.2 Å². The van der Waals surface area contributed by atoms with Gasteiger partial charge in [-0.1, -0.05) is 5.16 Å². The van der Waals surface area contributed by atoms with E-state index in [2.05, 4.69) is 26.4 Å². The van der Waals surface area contributed by atoms with E-state index >= 15 is 0 Å². The van der Waals surface area contributed by atoms with Gasteiger partial charge in [0.15, 0.2) is 0 Å². The number of carbonyl (C=O) groups excluding carboxylic acids is 1. The molecule has 0 aliphatic rings. The van der Waals surface area contributed by atoms with Crippen LogP contribution in [-0.4, -0.2) is 22.1 Å². The van der Waals surface area contributed by atoms with Crippen molar-refractivity contribution in [2.24, 2.45) is 0 Å². The van der Waals surface area contributed by atoms with E-state index in [1.54, 1.807) is 6.92 Å². The number of aromatic carboxylic acids is 1. The second-order valence-corrected chi connectivity index (χ2v) is 4.60. The Morgan fingerprint density at radius 3 is 2.68 bits per heavy atom. The first-order valence-electron chi connectivity index (χ1n) is 5.24. The summed E-state index contributed by atoms with van der Waals surface area (Å²) >= 11 is 3.21. The van der Waals surface area contributed by atoms with Crippen molar-refractivity contribution in [3.63, 3.8) is 0 Å². The Hall–Kier alpha value is -2.15. The first-order valence-corrected chi connectivity index (χ1v) is 6.04. The number of nitrogens with one attached hydrogen (secondary N) is 1. The molecule has 0 spiro atoms. The monoisotopic (exact) mass is 324 g/mol. The molecule has 0 atom stereocenters. The van der Waals surface area contributed by atoms with Crippen LogP contribution in [0.2, 0.25) is 0 Å². The van der Waals surface area contributed by atoms with Crippen LogP contribution in [0.4, 0.5) is 5.69 Å². The molecule has 2 rings (SSSR count). The standard InChI is InChI=1S/C12H9BrN2O4/c1-6-8(5-14-19-6)11(16)15-10-3-2-7(12(17)18)4-9(10)13/h2-5H,1H3,(H,15,16)(H,17,18). The minimum atomic E-state index is -1.03. The molecule has 0 saturated heterocycles. The molecule has 1 aromatic carbocycles. The molecule has 0 bridgehead atoms. The van der Waals surface area contributed by atoms with Crippen molar-refractivity contribution >= 4 is 33.5 Å². The largest absolute Gasteiger partial charge is 0.478 e. The predicted molar refractivity (Wildman–Crippen MR) is 70.3 cm³/mol. The van der Waals surface area contributed by atoms with Gasteiger partial charge in [-0.25, -0.2) is 4.79 Å². The minimum Gasteiger partial charge on any atom is -0.478 e. The van der Waals surface area contributed by atoms with Crippen molar-refractivity contribution in [1.29, 1.82) is 0 Å². The number of halogens is 1. The molecule has 1 heterocycles. The number of hydrogen-bond donors (Lipinski definition) is 2. The van der Waals surface area contributed by atoms with Crippen LogP contribution in [0.1, 0.15) is 26.5 Å². The van der Waals surface area contributed by atoms with Crippen molar-refractivity contribution in [1.82, 2.24) is 5.16 Å². The van der Waals surface area contributed by atoms with E-state index < -0.39 is 5.97 Å². The average molecular weight is 325 g/mol. The highest BCUT2D eigenvalue weighted by atomic mass is 79.9. The molecule has 2 aromatic rings. The summed E-state index contributed by atoms with van der Waals surface area (Å²) in [5, 5.41) is 15.0. The van der Waals surface area contributed by atoms with Gasteiger partial charge in [-0.15, -0.1) is 0 Å². The summed E-state index contributed by atoms with van der Waals surface area (Å²) in [7, 11) is 0. The Bertz CT molecular complexity index is 651. The number of nitrogens with zero attached hydrogens (tertiary/aromatic N) is 1. The summed E-state index contributed by atoms with van der Waals surface area (Å²) < 4.78 is 5.29. The summed E-state index contributed by atoms with van der Waals surface area (Å²) in [5.74, 6) is -0.994. The lowest BCUT2D eigenvalue weighted by Crippen LogP contribution is -2.12. The fourth-order valence-corrected chi connectivity index (χ4v) is 1.93. The fourth-order valence-electron chi connectivity index (χ4n) is 1.46. The van der Waals surface area contributed by atoms with Crippen LogP contribution in [0.15, 0.2) is 33.4 Å². The Morgan fingerprint density at radius 1 is 1.42 bits per heavy atom. The zero-order chi connectivity index (χ0) is 14.0. The lowest BCUT2D eigenvalue weighted by Gasteiger charge is -2.07. The van der Waals surface area contributed by atoms with Crippen LogP contribution >= 0.6 is 15.9 Å². The SMILES string of the molecule is Cc1oncc1C(=O)Nc1ccc(C(=O)O)cc1Br. The molecule has 0 aliphatic carbocycles. The number of benzene rings is 1. The van der Waals surface area contributed by atoms with Crippen LogP contribution in [0.3, 0.4) is 0 Å². The molecule has 0 unspecified atom stereocenters. The first-order chi connectivity index (χ1) is 8.99. The topological polar surface area (TPSA) is 92.4 Å². The molecular weight excluding hydrogens is 316 g/mol. The van der Waals surface area contributed by atoms with Gasteiger partial charge in [-0.05, 0) is 41.1 Å². The summed E-state index contributed by atoms with van der Waals surface area (Å²) in [5.41, 5.74) is 0.927. The Balaban J connectivity index is 2.23. The van der Waals surface area contributed by atoms with E-state index in [0.717, 1.165) is 0 Å². The first kappa shape index (κ1) is 13.3. The van der Waals surface area contributed by atoms with E-state index in [-0.39, 0.29) is 11.5 Å². The number of hydrogen-bond acceptors (Lipinski definition) is 4. The summed E-state index contributed by atoms with van der Waals surface area (Å²) in [6.07, 6.45) is 1.32. The van der Waals surface area contributed by atoms with Gasteiger partial charge in [-0.2, -0.15) is 0 Å². The zero-order valence-electron chi connectivity index (χ0n) is 9.81. The molecule has 6 nitrogen and oxygen atoms in total. The Morgan fingerprint density at radius 2 is 2.16 bits per heavy atom. The number of rotatable bonds is 3. The summed E-state index contributed by atoms with van der Waals surface area (Å²) in [4.78, 5) is 22.7. The van der Waals surface area contributed by atoms with Crippen LogP contribution in [0.25, 0.3) is 0 Å². The number of carboxylic acid groups (broad SMARTS) is 1. The number of aromatic nitrogens is 1. The number of aryl methyl sites for hydroxylation is 1. The van der Waals surface area contributed by atoms with Crippen molar-refractivity contribution in [3.05, 3.63) is 45.8 Å². The maximum atomic E-state index is 11.9. The van der Waals surface area contributed by atoms with Gasteiger partial charge in [0.25, 0.3) is 5.91 Å². The average Bonchev–Trinajstić information content (AvgIpc) is 2.77. The Labute approximate surface area is 116 Å². The molecule has 0 saturated carbocycles. The second kappa shape index (κ2) is 5.23. The number of anilines is 1. The van der Waals surface area contributed by atoms with Crippen LogP contribution in [0, 0.1) is 6.92 Å². The van der Waals surface area contributed by atoms with Crippen LogP contribution in [0.5, 0.6) is 0 Å². The molecule has 1 amide bonds. The highest BCUT2D eigenvalue weighted by Crippen LogP contribution is 2.24. The smallest absolute Gasteiger partial charge is 0.335 e. The predicted octanol–water partition coefficient (Wildman–Crippen LogP) is 2.70. The summed E-state index contributed by atoms with van der Waals surface area (Å²) in [6, 6.07) is 4.33. The lowest BCUT2D eigenvalue weighted by atomic mass is 10.2. The van der Waals surface area contributed by atoms with Crippen LogP contribution in [-0.2, 0) is 0 Å². The molecule has 2 N–H and O–H groups in total. The maximum absolute atomic E-state index is 11.9. The van der Waals surface area contributed by atoms with Gasteiger partial charge in [0.2, 0.25) is 0 Å². The van der Waals surface area contributed by atoms with E-state index in [1.165, 1.54) is 24.4 Å². The molecule has 0 aliphatic heterocycles. The highest BCUT2D eigenvalue weighted by Gasteiger charge is 2.15. The van der Waals surface area contributed by atoms with Crippen molar-refractivity contribution in [3.8, 4) is 0 Å². The Kier molecular flexibility index (Phi) is 3.66. The quantitative estimate of drug-likeness (QED) is 0.905. The van der Waals surface area contributed by atoms with E-state index in [9.17, 15) is 9.59 Å². The number of carboxylic acids is 1. The van der Waals surface area contributed by atoms with Crippen LogP contribution < -0.4 is 5.32 Å². The van der Waals surface area contributed by atoms with Gasteiger partial charge in [0, 0.05) is 4.47 Å². The molecular formula is C12H9BrN2O4. The third kappa shape index (κ3) is 2.82. The number of carbonyl (C=O) groups is 2. The molecule has 0 radical (unpaired) electrons. The zero-order valence-corrected chi connectivity index (χ0v) is 11.4. The third-order valence-electron chi connectivity index (χ3n) is 2.46. The van der Waals surface area contributed by atoms with Gasteiger partial charge in [-0.3, -0.25) is 4.79 Å². The second-order valence-electron chi connectivity index (χ2n) is 3.75. The van der Waals surface area contributed by atoms with Crippen molar-refractivity contribution in [2.75, 3.05) is 5.32 Å². The van der Waals surface area contributed by atoms with E-state index in [0.29, 0.717) is 21.5 Å². The maximum Gasteiger partial charge on any atom is 0.335 e. The molecule has 19 heavy (non-hydrogen) atoms. The van der Waals surface area contributed by atoms with Gasteiger partial charge in [0.05, 0.1) is 17.4 Å². The lowest BCUT2D eigenvalue weighted by molar-refractivity contribution is 0.0696. The fraction of sp³-hybridized carbons (Fsp3) is 0.0833. The van der Waals surface area contributed by atoms with Gasteiger partial charge in [0.1, 0.15) is 11.3 Å². The molecule has 7 heteroatoms.